The number of nitrogens with zero attached hydrogens (tertiary/aromatic N) is 1. The van der Waals surface area contributed by atoms with Crippen molar-refractivity contribution in [3.05, 3.63) is 95.1 Å². The van der Waals surface area contributed by atoms with Crippen molar-refractivity contribution in [2.45, 2.75) is 87.6 Å². The van der Waals surface area contributed by atoms with Gasteiger partial charge in [-0.1, -0.05) is 108 Å². The number of rotatable bonds is 9. The lowest BCUT2D eigenvalue weighted by molar-refractivity contribution is -0.276. The minimum atomic E-state index is -2.02. The number of esters is 1. The van der Waals surface area contributed by atoms with Gasteiger partial charge >= 0.3 is 5.97 Å². The maximum absolute atomic E-state index is 13.1. The first-order valence-corrected chi connectivity index (χ1v) is 17.4. The third-order valence-corrected chi connectivity index (χ3v) is 9.25. The summed E-state index contributed by atoms with van der Waals surface area (Å²) in [6.45, 7) is 9.33. The highest BCUT2D eigenvalue weighted by molar-refractivity contribution is 6.76. The van der Waals surface area contributed by atoms with Crippen LogP contribution in [0, 0.1) is 5.92 Å². The summed E-state index contributed by atoms with van der Waals surface area (Å²) < 4.78 is 17.1. The minimum Gasteiger partial charge on any atom is -0.459 e. The summed E-state index contributed by atoms with van der Waals surface area (Å²) in [5, 5.41) is 12.2. The molecule has 3 aromatic carbocycles. The number of aliphatic hydroxyl groups excluding tert-OH is 1. The van der Waals surface area contributed by atoms with Gasteiger partial charge in [0.25, 0.3) is 9.70 Å². The van der Waals surface area contributed by atoms with E-state index in [0.717, 1.165) is 52.8 Å². The van der Waals surface area contributed by atoms with Crippen LogP contribution < -0.4 is 5.32 Å². The first-order chi connectivity index (χ1) is 22.7. The van der Waals surface area contributed by atoms with Crippen LogP contribution in [0.3, 0.4) is 0 Å². The van der Waals surface area contributed by atoms with Gasteiger partial charge in [-0.05, 0) is 74.0 Å². The van der Waals surface area contributed by atoms with Crippen molar-refractivity contribution in [2.75, 3.05) is 13.1 Å². The maximum atomic E-state index is 13.1. The lowest BCUT2D eigenvalue weighted by Crippen LogP contribution is -2.48. The molecular weight excluding hydrogens is 675 g/mol. The molecule has 0 spiro atoms. The van der Waals surface area contributed by atoms with Gasteiger partial charge in [0.1, 0.15) is 11.6 Å². The van der Waals surface area contributed by atoms with Crippen LogP contribution in [-0.2, 0) is 37.0 Å². The lowest BCUT2D eigenvalue weighted by Gasteiger charge is -2.43. The quantitative estimate of drug-likeness (QED) is 0.176. The second kappa shape index (κ2) is 15.5. The first kappa shape index (κ1) is 36.6. The number of hydrogen-bond donors (Lipinski definition) is 2. The second-order valence-corrected chi connectivity index (χ2v) is 15.8. The Kier molecular flexibility index (Phi) is 11.8. The van der Waals surface area contributed by atoms with Crippen molar-refractivity contribution in [3.8, 4) is 11.1 Å². The number of hydrogen-bond acceptors (Lipinski definition) is 7. The van der Waals surface area contributed by atoms with E-state index in [0.29, 0.717) is 6.54 Å². The maximum Gasteiger partial charge on any atom is 0.323 e. The molecule has 1 amide bonds. The highest BCUT2D eigenvalue weighted by atomic mass is 35.6. The van der Waals surface area contributed by atoms with Gasteiger partial charge in [0, 0.05) is 24.6 Å². The molecule has 0 radical (unpaired) electrons. The molecule has 0 saturated carbocycles. The van der Waals surface area contributed by atoms with Crippen LogP contribution in [0.1, 0.15) is 75.2 Å². The Hall–Kier alpha value is -2.69. The Labute approximate surface area is 297 Å². The van der Waals surface area contributed by atoms with Crippen molar-refractivity contribution in [3.63, 3.8) is 0 Å². The molecule has 2 heterocycles. The molecule has 0 bridgehead atoms. The summed E-state index contributed by atoms with van der Waals surface area (Å²) in [5.41, 5.74) is 4.93. The van der Waals surface area contributed by atoms with E-state index in [1.165, 1.54) is 0 Å². The van der Waals surface area contributed by atoms with E-state index in [4.69, 9.17) is 49.0 Å². The molecule has 5 rings (SSSR count). The highest BCUT2D eigenvalue weighted by Gasteiger charge is 2.42. The summed E-state index contributed by atoms with van der Waals surface area (Å²) in [7, 11) is 0. The molecule has 0 aliphatic carbocycles. The first-order valence-electron chi connectivity index (χ1n) is 16.2. The summed E-state index contributed by atoms with van der Waals surface area (Å²) in [6, 6.07) is 23.3. The van der Waals surface area contributed by atoms with Crippen molar-refractivity contribution < 1.29 is 28.9 Å². The minimum absolute atomic E-state index is 0.0230. The summed E-state index contributed by atoms with van der Waals surface area (Å²) in [5.74, 6) is -0.903. The van der Waals surface area contributed by atoms with Crippen LogP contribution in [0.15, 0.2) is 72.8 Å². The number of benzene rings is 3. The van der Waals surface area contributed by atoms with Gasteiger partial charge < -0.3 is 24.6 Å². The van der Waals surface area contributed by atoms with Gasteiger partial charge in [0.05, 0.1) is 18.8 Å². The van der Waals surface area contributed by atoms with Crippen LogP contribution in [0.5, 0.6) is 0 Å². The van der Waals surface area contributed by atoms with Gasteiger partial charge in [-0.15, -0.1) is 0 Å². The third kappa shape index (κ3) is 9.30. The predicted octanol–water partition coefficient (Wildman–Crippen LogP) is 7.43. The Morgan fingerprint density at radius 3 is 2.27 bits per heavy atom. The molecule has 0 unspecified atom stereocenters. The van der Waals surface area contributed by atoms with Crippen molar-refractivity contribution in [1.82, 2.24) is 10.2 Å². The number of nitrogens with one attached hydrogen (secondary N) is 1. The average Bonchev–Trinajstić information content (AvgIpc) is 3.52. The van der Waals surface area contributed by atoms with E-state index >= 15 is 0 Å². The Morgan fingerprint density at radius 1 is 0.938 bits per heavy atom. The van der Waals surface area contributed by atoms with Gasteiger partial charge in [-0.3, -0.25) is 14.5 Å². The topological polar surface area (TPSA) is 97.3 Å². The van der Waals surface area contributed by atoms with Crippen molar-refractivity contribution in [1.29, 1.82) is 0 Å². The molecule has 48 heavy (non-hydrogen) atoms. The van der Waals surface area contributed by atoms with Gasteiger partial charge in [0.15, 0.2) is 6.29 Å². The SMILES string of the molecule is C[C@H]1[C@@H](CN2CCC[C@H]2C(=O)OC(C)(C)C)O[C@@H](c2ccc(-c3cccc(CNC(=O)C(Cl)(Cl)Cl)c3)cc2)O[C@H]1c1ccc(CO)cc1. The molecule has 2 aliphatic rings. The third-order valence-electron chi connectivity index (χ3n) is 8.73. The molecule has 5 atom stereocenters. The largest absolute Gasteiger partial charge is 0.459 e. The Bertz CT molecular complexity index is 1560. The monoisotopic (exact) mass is 716 g/mol. The summed E-state index contributed by atoms with van der Waals surface area (Å²) >= 11 is 17.0. The van der Waals surface area contributed by atoms with Crippen LogP contribution in [0.2, 0.25) is 0 Å². The number of amides is 1. The Morgan fingerprint density at radius 2 is 1.62 bits per heavy atom. The molecule has 8 nitrogen and oxygen atoms in total. The smallest absolute Gasteiger partial charge is 0.323 e. The van der Waals surface area contributed by atoms with E-state index in [1.54, 1.807) is 0 Å². The summed E-state index contributed by atoms with van der Waals surface area (Å²) in [4.78, 5) is 27.3. The highest BCUT2D eigenvalue weighted by Crippen LogP contribution is 2.42. The standard InChI is InChI=1S/C37H43Cl3N2O6/c1-23-31(21-42-18-6-9-30(42)33(44)48-36(2,3)4)46-34(47-32(23)27-12-10-24(22-43)11-13-27)28-16-14-26(15-17-28)29-8-5-7-25(19-29)20-41-35(45)37(38,39)40/h5,7-8,10-17,19,23,30-32,34,43H,6,9,18,20-22H2,1-4H3,(H,41,45)/t23-,30-,31+,32+,34+/m0/s1. The molecule has 2 N–H and O–H groups in total. The van der Waals surface area contributed by atoms with Gasteiger partial charge in [0.2, 0.25) is 0 Å². The molecule has 258 valence electrons. The number of ether oxygens (including phenoxy) is 3. The van der Waals surface area contributed by atoms with Crippen molar-refractivity contribution >= 4 is 46.7 Å². The zero-order valence-corrected chi connectivity index (χ0v) is 29.9. The number of aliphatic hydroxyl groups is 1. The molecular formula is C37H43Cl3N2O6. The molecule has 11 heteroatoms. The molecule has 2 saturated heterocycles. The fourth-order valence-electron chi connectivity index (χ4n) is 6.22. The molecule has 3 aromatic rings. The predicted molar refractivity (Wildman–Crippen MR) is 187 cm³/mol. The normalized spacial score (nSPS) is 23.5. The van der Waals surface area contributed by atoms with E-state index in [1.807, 2.05) is 93.6 Å². The number of likely N-dealkylation sites (tertiary alicyclic amines) is 1. The van der Waals surface area contributed by atoms with Crippen LogP contribution in [0.25, 0.3) is 11.1 Å². The van der Waals surface area contributed by atoms with Crippen LogP contribution in [0.4, 0.5) is 0 Å². The fourth-order valence-corrected chi connectivity index (χ4v) is 6.42. The second-order valence-electron chi connectivity index (χ2n) is 13.5. The van der Waals surface area contributed by atoms with Gasteiger partial charge in [-0.2, -0.15) is 0 Å². The van der Waals surface area contributed by atoms with E-state index < -0.39 is 21.6 Å². The van der Waals surface area contributed by atoms with E-state index in [-0.39, 0.29) is 43.3 Å². The van der Waals surface area contributed by atoms with Crippen LogP contribution in [-0.4, -0.2) is 56.5 Å². The molecule has 0 aromatic heterocycles. The Balaban J connectivity index is 1.36. The van der Waals surface area contributed by atoms with E-state index in [2.05, 4.69) is 17.1 Å². The molecule has 2 fully saturated rings. The summed E-state index contributed by atoms with van der Waals surface area (Å²) in [6.07, 6.45) is 0.522. The number of halogens is 3. The van der Waals surface area contributed by atoms with E-state index in [9.17, 15) is 14.7 Å². The number of carbonyl (C=O) groups is 2. The zero-order valence-electron chi connectivity index (χ0n) is 27.6. The van der Waals surface area contributed by atoms with Crippen LogP contribution >= 0.6 is 34.8 Å². The van der Waals surface area contributed by atoms with Crippen molar-refractivity contribution in [2.24, 2.45) is 5.92 Å². The fraction of sp³-hybridized carbons (Fsp3) is 0.459. The van der Waals surface area contributed by atoms with Gasteiger partial charge in [-0.25, -0.2) is 0 Å². The zero-order chi connectivity index (χ0) is 34.6. The lowest BCUT2D eigenvalue weighted by atomic mass is 9.89. The molecule has 2 aliphatic heterocycles. The average molecular weight is 718 g/mol. The number of alkyl halides is 3. The number of carbonyl (C=O) groups excluding carboxylic acids is 2.